The van der Waals surface area contributed by atoms with Crippen LogP contribution >= 0.6 is 22.9 Å². The Labute approximate surface area is 111 Å². The van der Waals surface area contributed by atoms with Crippen molar-refractivity contribution < 1.29 is 9.66 Å². The summed E-state index contributed by atoms with van der Waals surface area (Å²) in [6.07, 6.45) is 0. The summed E-state index contributed by atoms with van der Waals surface area (Å²) in [5.41, 5.74) is 5.92. The quantitative estimate of drug-likeness (QED) is 0.689. The maximum Gasteiger partial charge on any atom is 0.312 e. The molecule has 0 aliphatic heterocycles. The van der Waals surface area contributed by atoms with Crippen LogP contribution in [0.2, 0.25) is 5.02 Å². The van der Waals surface area contributed by atoms with E-state index in [1.165, 1.54) is 29.5 Å². The van der Waals surface area contributed by atoms with Crippen LogP contribution in [0, 0.1) is 10.1 Å². The van der Waals surface area contributed by atoms with Gasteiger partial charge < -0.3 is 10.5 Å². The smallest absolute Gasteiger partial charge is 0.312 e. The average Bonchev–Trinajstić information content (AvgIpc) is 2.73. The van der Waals surface area contributed by atoms with Crippen LogP contribution in [0.4, 0.5) is 10.8 Å². The molecule has 0 aliphatic carbocycles. The number of nitro benzene ring substituents is 1. The molecule has 0 atom stereocenters. The monoisotopic (exact) mass is 285 g/mol. The SMILES string of the molecule is Nc1nc(COc2ccc(Cl)cc2[N+](=O)[O-])cs1. The van der Waals surface area contributed by atoms with E-state index in [9.17, 15) is 10.1 Å². The number of nitro groups is 1. The van der Waals surface area contributed by atoms with Crippen molar-refractivity contribution in [2.24, 2.45) is 0 Å². The lowest BCUT2D eigenvalue weighted by molar-refractivity contribution is -0.385. The highest BCUT2D eigenvalue weighted by molar-refractivity contribution is 7.13. The Bertz CT molecular complexity index is 587. The zero-order valence-corrected chi connectivity index (χ0v) is 10.6. The molecule has 0 saturated carbocycles. The highest BCUT2D eigenvalue weighted by Crippen LogP contribution is 2.30. The summed E-state index contributed by atoms with van der Waals surface area (Å²) < 4.78 is 5.34. The van der Waals surface area contributed by atoms with Gasteiger partial charge in [0.05, 0.1) is 10.6 Å². The number of nitrogens with two attached hydrogens (primary N) is 1. The van der Waals surface area contributed by atoms with Gasteiger partial charge >= 0.3 is 5.69 Å². The molecule has 2 N–H and O–H groups in total. The minimum absolute atomic E-state index is 0.121. The van der Waals surface area contributed by atoms with Gasteiger partial charge in [-0.1, -0.05) is 11.6 Å². The van der Waals surface area contributed by atoms with Crippen molar-refractivity contribution in [3.05, 3.63) is 44.4 Å². The van der Waals surface area contributed by atoms with E-state index in [2.05, 4.69) is 4.98 Å². The first-order chi connectivity index (χ1) is 8.56. The number of nitrogen functional groups attached to an aromatic ring is 1. The van der Waals surface area contributed by atoms with Crippen molar-refractivity contribution in [3.63, 3.8) is 0 Å². The molecule has 0 spiro atoms. The second-order valence-electron chi connectivity index (χ2n) is 3.33. The highest BCUT2D eigenvalue weighted by atomic mass is 35.5. The Kier molecular flexibility index (Phi) is 3.63. The van der Waals surface area contributed by atoms with Crippen LogP contribution in [-0.4, -0.2) is 9.91 Å². The number of benzene rings is 1. The van der Waals surface area contributed by atoms with Gasteiger partial charge in [0.2, 0.25) is 0 Å². The van der Waals surface area contributed by atoms with Gasteiger partial charge in [-0.25, -0.2) is 4.98 Å². The van der Waals surface area contributed by atoms with Crippen molar-refractivity contribution in [1.29, 1.82) is 0 Å². The Morgan fingerprint density at radius 2 is 2.33 bits per heavy atom. The Morgan fingerprint density at radius 1 is 1.56 bits per heavy atom. The predicted octanol–water partition coefficient (Wildman–Crippen LogP) is 2.87. The molecule has 1 heterocycles. The number of nitrogens with zero attached hydrogens (tertiary/aromatic N) is 2. The van der Waals surface area contributed by atoms with Gasteiger partial charge in [0.25, 0.3) is 0 Å². The fraction of sp³-hybridized carbons (Fsp3) is 0.100. The van der Waals surface area contributed by atoms with E-state index in [0.717, 1.165) is 0 Å². The highest BCUT2D eigenvalue weighted by Gasteiger charge is 2.16. The van der Waals surface area contributed by atoms with Crippen LogP contribution in [0.3, 0.4) is 0 Å². The van der Waals surface area contributed by atoms with Crippen molar-refractivity contribution in [2.45, 2.75) is 6.61 Å². The molecule has 8 heteroatoms. The maximum absolute atomic E-state index is 10.8. The number of anilines is 1. The first-order valence-electron chi connectivity index (χ1n) is 4.83. The van der Waals surface area contributed by atoms with Gasteiger partial charge in [0, 0.05) is 16.5 Å². The number of aromatic nitrogens is 1. The summed E-state index contributed by atoms with van der Waals surface area (Å²) in [5, 5.41) is 13.3. The Balaban J connectivity index is 2.16. The van der Waals surface area contributed by atoms with Crippen LogP contribution < -0.4 is 10.5 Å². The van der Waals surface area contributed by atoms with E-state index in [1.807, 2.05) is 0 Å². The van der Waals surface area contributed by atoms with E-state index in [0.29, 0.717) is 10.8 Å². The van der Waals surface area contributed by atoms with Gasteiger partial charge in [0.1, 0.15) is 6.61 Å². The number of halogens is 1. The molecule has 18 heavy (non-hydrogen) atoms. The standard InChI is InChI=1S/C10H8ClN3O3S/c11-6-1-2-9(8(3-6)14(15)16)17-4-7-5-18-10(12)13-7/h1-3,5H,4H2,(H2,12,13). The lowest BCUT2D eigenvalue weighted by atomic mass is 10.3. The number of rotatable bonds is 4. The van der Waals surface area contributed by atoms with E-state index in [4.69, 9.17) is 22.1 Å². The Hall–Kier alpha value is -1.86. The summed E-state index contributed by atoms with van der Waals surface area (Å²) in [6.45, 7) is 0.121. The number of hydrogen-bond acceptors (Lipinski definition) is 6. The van der Waals surface area contributed by atoms with E-state index < -0.39 is 4.92 Å². The molecule has 0 radical (unpaired) electrons. The third kappa shape index (κ3) is 2.88. The van der Waals surface area contributed by atoms with Gasteiger partial charge in [-0.05, 0) is 12.1 Å². The van der Waals surface area contributed by atoms with Crippen molar-refractivity contribution in [1.82, 2.24) is 4.98 Å². The van der Waals surface area contributed by atoms with Gasteiger partial charge in [-0.3, -0.25) is 10.1 Å². The normalized spacial score (nSPS) is 10.3. The number of hydrogen-bond donors (Lipinski definition) is 1. The van der Waals surface area contributed by atoms with Crippen molar-refractivity contribution in [3.8, 4) is 5.75 Å². The van der Waals surface area contributed by atoms with Crippen molar-refractivity contribution >= 4 is 33.8 Å². The van der Waals surface area contributed by atoms with Gasteiger partial charge in [0.15, 0.2) is 10.9 Å². The van der Waals surface area contributed by atoms with Crippen LogP contribution in [0.25, 0.3) is 0 Å². The van der Waals surface area contributed by atoms with Crippen molar-refractivity contribution in [2.75, 3.05) is 5.73 Å². The molecular weight excluding hydrogens is 278 g/mol. The summed E-state index contributed by atoms with van der Waals surface area (Å²) in [6, 6.07) is 4.22. The molecule has 1 aromatic heterocycles. The van der Waals surface area contributed by atoms with Crippen LogP contribution in [0.5, 0.6) is 5.75 Å². The lowest BCUT2D eigenvalue weighted by Crippen LogP contribution is -1.99. The summed E-state index contributed by atoms with van der Waals surface area (Å²) in [7, 11) is 0. The maximum atomic E-state index is 10.8. The topological polar surface area (TPSA) is 91.3 Å². The minimum atomic E-state index is -0.545. The average molecular weight is 286 g/mol. The molecule has 0 fully saturated rings. The molecule has 1 aromatic carbocycles. The zero-order chi connectivity index (χ0) is 13.1. The molecule has 0 unspecified atom stereocenters. The summed E-state index contributed by atoms with van der Waals surface area (Å²) >= 11 is 6.98. The molecule has 2 rings (SSSR count). The molecular formula is C10H8ClN3O3S. The summed E-state index contributed by atoms with van der Waals surface area (Å²) in [5.74, 6) is 0.149. The number of ether oxygens (including phenoxy) is 1. The first kappa shape index (κ1) is 12.6. The van der Waals surface area contributed by atoms with Crippen LogP contribution in [0.15, 0.2) is 23.6 Å². The fourth-order valence-electron chi connectivity index (χ4n) is 1.30. The molecule has 0 bridgehead atoms. The van der Waals surface area contributed by atoms with Crippen LogP contribution in [0.1, 0.15) is 5.69 Å². The molecule has 94 valence electrons. The molecule has 0 saturated heterocycles. The predicted molar refractivity (Wildman–Crippen MR) is 69.0 cm³/mol. The Morgan fingerprint density at radius 3 is 2.94 bits per heavy atom. The molecule has 0 aliphatic rings. The second kappa shape index (κ2) is 5.19. The minimum Gasteiger partial charge on any atom is -0.480 e. The van der Waals surface area contributed by atoms with Gasteiger partial charge in [-0.15, -0.1) is 11.3 Å². The van der Waals surface area contributed by atoms with E-state index in [1.54, 1.807) is 5.38 Å². The molecule has 2 aromatic rings. The largest absolute Gasteiger partial charge is 0.480 e. The fourth-order valence-corrected chi connectivity index (χ4v) is 2.01. The first-order valence-corrected chi connectivity index (χ1v) is 6.08. The van der Waals surface area contributed by atoms with Gasteiger partial charge in [-0.2, -0.15) is 0 Å². The molecule has 6 nitrogen and oxygen atoms in total. The third-order valence-electron chi connectivity index (χ3n) is 2.06. The molecule has 0 amide bonds. The van der Waals surface area contributed by atoms with Crippen LogP contribution in [-0.2, 0) is 6.61 Å². The van der Waals surface area contributed by atoms with E-state index in [-0.39, 0.29) is 23.1 Å². The summed E-state index contributed by atoms with van der Waals surface area (Å²) in [4.78, 5) is 14.3. The zero-order valence-electron chi connectivity index (χ0n) is 9.00. The van der Waals surface area contributed by atoms with E-state index >= 15 is 0 Å². The number of thiazole rings is 1. The lowest BCUT2D eigenvalue weighted by Gasteiger charge is -2.05. The third-order valence-corrected chi connectivity index (χ3v) is 3.02. The second-order valence-corrected chi connectivity index (χ2v) is 4.66.